The molecule has 0 aliphatic carbocycles. The van der Waals surface area contributed by atoms with Crippen LogP contribution in [0.5, 0.6) is 0 Å². The molecule has 0 fully saturated rings. The number of nitrogens with one attached hydrogen (secondary N) is 2. The number of benzene rings is 1. The monoisotopic (exact) mass is 269 g/mol. The Hall–Kier alpha value is -2.36. The second kappa shape index (κ2) is 6.70. The van der Waals surface area contributed by atoms with Crippen LogP contribution in [0, 0.1) is 0 Å². The van der Waals surface area contributed by atoms with Gasteiger partial charge in [0.1, 0.15) is 5.69 Å². The van der Waals surface area contributed by atoms with Gasteiger partial charge in [-0.2, -0.15) is 0 Å². The number of hydrogen-bond acceptors (Lipinski definition) is 3. The zero-order valence-electron chi connectivity index (χ0n) is 11.8. The van der Waals surface area contributed by atoms with E-state index in [2.05, 4.69) is 27.8 Å². The van der Waals surface area contributed by atoms with Gasteiger partial charge in [0.2, 0.25) is 0 Å². The maximum Gasteiger partial charge on any atom is 0.270 e. The molecule has 1 amide bonds. The summed E-state index contributed by atoms with van der Waals surface area (Å²) in [6, 6.07) is 13.7. The maximum atomic E-state index is 12.1. The van der Waals surface area contributed by atoms with Gasteiger partial charge in [0.15, 0.2) is 0 Å². The van der Waals surface area contributed by atoms with Crippen LogP contribution in [0.1, 0.15) is 23.0 Å². The zero-order valence-corrected chi connectivity index (χ0v) is 11.8. The molecule has 0 aliphatic rings. The highest BCUT2D eigenvalue weighted by molar-refractivity contribution is 5.92. The minimum atomic E-state index is -0.143. The Balaban J connectivity index is 1.93. The molecule has 0 aliphatic heterocycles. The minimum absolute atomic E-state index is 0.0654. The van der Waals surface area contributed by atoms with E-state index in [4.69, 9.17) is 0 Å². The topological polar surface area (TPSA) is 54.0 Å². The summed E-state index contributed by atoms with van der Waals surface area (Å²) in [5.74, 6) is -0.143. The zero-order chi connectivity index (χ0) is 14.4. The van der Waals surface area contributed by atoms with E-state index < -0.39 is 0 Å². The lowest BCUT2D eigenvalue weighted by atomic mass is 10.1. The maximum absolute atomic E-state index is 12.1. The van der Waals surface area contributed by atoms with Crippen molar-refractivity contribution >= 4 is 11.6 Å². The van der Waals surface area contributed by atoms with Crippen molar-refractivity contribution in [1.82, 2.24) is 10.3 Å². The van der Waals surface area contributed by atoms with Gasteiger partial charge >= 0.3 is 0 Å². The van der Waals surface area contributed by atoms with Crippen molar-refractivity contribution in [3.8, 4) is 0 Å². The Kier molecular flexibility index (Phi) is 4.71. The highest BCUT2D eigenvalue weighted by Crippen LogP contribution is 2.06. The lowest BCUT2D eigenvalue weighted by molar-refractivity contribution is 0.0935. The summed E-state index contributed by atoms with van der Waals surface area (Å²) in [5.41, 5.74) is 2.53. The van der Waals surface area contributed by atoms with E-state index in [0.29, 0.717) is 5.69 Å². The quantitative estimate of drug-likeness (QED) is 0.876. The van der Waals surface area contributed by atoms with Crippen molar-refractivity contribution < 1.29 is 4.79 Å². The van der Waals surface area contributed by atoms with Gasteiger partial charge in [-0.15, -0.1) is 0 Å². The van der Waals surface area contributed by atoms with Gasteiger partial charge in [0.25, 0.3) is 5.91 Å². The van der Waals surface area contributed by atoms with Crippen LogP contribution in [0.15, 0.2) is 48.7 Å². The predicted molar refractivity (Wildman–Crippen MR) is 80.9 cm³/mol. The van der Waals surface area contributed by atoms with Crippen LogP contribution in [-0.2, 0) is 6.42 Å². The molecule has 104 valence electrons. The van der Waals surface area contributed by atoms with Crippen molar-refractivity contribution in [2.24, 2.45) is 0 Å². The molecule has 2 rings (SSSR count). The molecule has 20 heavy (non-hydrogen) atoms. The minimum Gasteiger partial charge on any atom is -0.387 e. The number of amides is 1. The lowest BCUT2D eigenvalue weighted by Gasteiger charge is -2.13. The fourth-order valence-corrected chi connectivity index (χ4v) is 1.99. The van der Waals surface area contributed by atoms with Crippen LogP contribution in [0.3, 0.4) is 0 Å². The number of carbonyl (C=O) groups excluding carboxylic acids is 1. The first-order valence-corrected chi connectivity index (χ1v) is 6.67. The normalized spacial score (nSPS) is 11.7. The Morgan fingerprint density at radius 2 is 1.95 bits per heavy atom. The molecule has 1 atom stereocenters. The number of carbonyl (C=O) groups is 1. The Bertz CT molecular complexity index is 552. The van der Waals surface area contributed by atoms with Crippen molar-refractivity contribution in [3.05, 3.63) is 59.9 Å². The van der Waals surface area contributed by atoms with Crippen molar-refractivity contribution in [3.63, 3.8) is 0 Å². The molecule has 2 N–H and O–H groups in total. The summed E-state index contributed by atoms with van der Waals surface area (Å²) in [4.78, 5) is 16.2. The number of aromatic nitrogens is 1. The van der Waals surface area contributed by atoms with E-state index in [-0.39, 0.29) is 11.9 Å². The third-order valence-corrected chi connectivity index (χ3v) is 3.05. The van der Waals surface area contributed by atoms with Gasteiger partial charge in [-0.25, -0.2) is 4.98 Å². The fourth-order valence-electron chi connectivity index (χ4n) is 1.99. The van der Waals surface area contributed by atoms with Crippen molar-refractivity contribution in [2.45, 2.75) is 19.4 Å². The number of anilines is 1. The summed E-state index contributed by atoms with van der Waals surface area (Å²) >= 11 is 0. The van der Waals surface area contributed by atoms with Crippen LogP contribution >= 0.6 is 0 Å². The van der Waals surface area contributed by atoms with Gasteiger partial charge in [-0.1, -0.05) is 30.3 Å². The van der Waals surface area contributed by atoms with Crippen LogP contribution in [0.4, 0.5) is 5.69 Å². The Labute approximate surface area is 119 Å². The first kappa shape index (κ1) is 14.1. The smallest absolute Gasteiger partial charge is 0.270 e. The molecule has 4 nitrogen and oxygen atoms in total. The van der Waals surface area contributed by atoms with Gasteiger partial charge < -0.3 is 10.6 Å². The molecule has 2 aromatic rings. The number of pyridine rings is 1. The Morgan fingerprint density at radius 1 is 1.20 bits per heavy atom. The number of rotatable bonds is 5. The predicted octanol–water partition coefficient (Wildman–Crippen LogP) is 2.48. The third kappa shape index (κ3) is 3.82. The molecular weight excluding hydrogens is 250 g/mol. The molecule has 1 unspecified atom stereocenters. The van der Waals surface area contributed by atoms with Crippen LogP contribution in [0.2, 0.25) is 0 Å². The molecule has 1 aromatic heterocycles. The van der Waals surface area contributed by atoms with E-state index in [1.807, 2.05) is 38.2 Å². The first-order chi connectivity index (χ1) is 9.69. The standard InChI is InChI=1S/C16H19N3O/c1-12(10-13-6-4-3-5-7-13)19-16(20)15-9-8-14(17-2)11-18-15/h3-9,11-12,17H,10H2,1-2H3,(H,19,20). The molecule has 0 saturated carbocycles. The molecule has 0 spiro atoms. The molecule has 4 heteroatoms. The van der Waals surface area contributed by atoms with Gasteiger partial charge in [0, 0.05) is 13.1 Å². The third-order valence-electron chi connectivity index (χ3n) is 3.05. The highest BCUT2D eigenvalue weighted by Gasteiger charge is 2.11. The summed E-state index contributed by atoms with van der Waals surface area (Å²) in [5, 5.41) is 5.93. The van der Waals surface area contributed by atoms with Crippen LogP contribution in [0.25, 0.3) is 0 Å². The van der Waals surface area contributed by atoms with E-state index in [1.54, 1.807) is 12.3 Å². The van der Waals surface area contributed by atoms with E-state index in [1.165, 1.54) is 5.56 Å². The lowest BCUT2D eigenvalue weighted by Crippen LogP contribution is -2.34. The van der Waals surface area contributed by atoms with Crippen molar-refractivity contribution in [2.75, 3.05) is 12.4 Å². The Morgan fingerprint density at radius 3 is 2.55 bits per heavy atom. The molecule has 0 saturated heterocycles. The van der Waals surface area contributed by atoms with E-state index in [0.717, 1.165) is 12.1 Å². The summed E-state index contributed by atoms with van der Waals surface area (Å²) < 4.78 is 0. The molecule has 1 aromatic carbocycles. The van der Waals surface area contributed by atoms with E-state index >= 15 is 0 Å². The SMILES string of the molecule is CNc1ccc(C(=O)NC(C)Cc2ccccc2)nc1. The highest BCUT2D eigenvalue weighted by atomic mass is 16.1. The van der Waals surface area contributed by atoms with Gasteiger partial charge in [0.05, 0.1) is 11.9 Å². The van der Waals surface area contributed by atoms with Gasteiger partial charge in [-0.3, -0.25) is 4.79 Å². The second-order valence-electron chi connectivity index (χ2n) is 4.75. The number of nitrogens with zero attached hydrogens (tertiary/aromatic N) is 1. The van der Waals surface area contributed by atoms with Crippen molar-refractivity contribution in [1.29, 1.82) is 0 Å². The molecule has 0 radical (unpaired) electrons. The van der Waals surface area contributed by atoms with Gasteiger partial charge in [-0.05, 0) is 31.0 Å². The molecular formula is C16H19N3O. The average molecular weight is 269 g/mol. The van der Waals surface area contributed by atoms with Crippen LogP contribution in [-0.4, -0.2) is 24.0 Å². The second-order valence-corrected chi connectivity index (χ2v) is 4.75. The summed E-state index contributed by atoms with van der Waals surface area (Å²) in [6.45, 7) is 1.99. The number of hydrogen-bond donors (Lipinski definition) is 2. The summed E-state index contributed by atoms with van der Waals surface area (Å²) in [6.07, 6.45) is 2.46. The fraction of sp³-hybridized carbons (Fsp3) is 0.250. The molecule has 1 heterocycles. The van der Waals surface area contributed by atoms with Crippen LogP contribution < -0.4 is 10.6 Å². The summed E-state index contributed by atoms with van der Waals surface area (Å²) in [7, 11) is 1.82. The molecule has 0 bridgehead atoms. The van der Waals surface area contributed by atoms with E-state index in [9.17, 15) is 4.79 Å². The first-order valence-electron chi connectivity index (χ1n) is 6.67. The largest absolute Gasteiger partial charge is 0.387 e. The average Bonchev–Trinajstić information content (AvgIpc) is 2.48.